The maximum atomic E-state index is 13.2. The van der Waals surface area contributed by atoms with Gasteiger partial charge in [0.05, 0.1) is 16.6 Å². The third-order valence-electron chi connectivity index (χ3n) is 3.94. The highest BCUT2D eigenvalue weighted by molar-refractivity contribution is 7.10. The van der Waals surface area contributed by atoms with Gasteiger partial charge in [0.15, 0.2) is 0 Å². The number of hydrogen-bond donors (Lipinski definition) is 1. The molecule has 1 aliphatic heterocycles. The average molecular weight is 434 g/mol. The normalized spacial score (nSPS) is 16.6. The number of hydrogen-bond acceptors (Lipinski definition) is 3. The van der Waals surface area contributed by atoms with E-state index in [0.717, 1.165) is 31.1 Å². The fourth-order valence-corrected chi connectivity index (χ4v) is 3.98. The molecule has 0 bridgehead atoms. The minimum atomic E-state index is -4.45. The van der Waals surface area contributed by atoms with E-state index in [0.29, 0.717) is 5.56 Å². The Morgan fingerprint density at radius 1 is 1.12 bits per heavy atom. The second-order valence-electron chi connectivity index (χ2n) is 5.44. The predicted molar refractivity (Wildman–Crippen MR) is 102 cm³/mol. The zero-order valence-electron chi connectivity index (χ0n) is 13.1. The van der Waals surface area contributed by atoms with Gasteiger partial charge in [-0.2, -0.15) is 13.2 Å². The van der Waals surface area contributed by atoms with E-state index in [1.807, 2.05) is 17.5 Å². The number of piperazine rings is 1. The minimum Gasteiger partial charge on any atom is -0.314 e. The third kappa shape index (κ3) is 5.25. The van der Waals surface area contributed by atoms with Gasteiger partial charge in [0, 0.05) is 31.1 Å². The molecular formula is C16H18Cl3F3N2S. The van der Waals surface area contributed by atoms with Crippen molar-refractivity contribution in [2.45, 2.75) is 12.2 Å². The molecule has 25 heavy (non-hydrogen) atoms. The van der Waals surface area contributed by atoms with Gasteiger partial charge in [-0.3, -0.25) is 4.90 Å². The molecule has 3 rings (SSSR count). The molecule has 1 aromatic heterocycles. The summed E-state index contributed by atoms with van der Waals surface area (Å²) in [5.74, 6) is 0. The molecule has 140 valence electrons. The Morgan fingerprint density at radius 3 is 2.36 bits per heavy atom. The third-order valence-corrected chi connectivity index (χ3v) is 5.20. The van der Waals surface area contributed by atoms with E-state index < -0.39 is 11.7 Å². The summed E-state index contributed by atoms with van der Waals surface area (Å²) >= 11 is 7.32. The van der Waals surface area contributed by atoms with E-state index in [4.69, 9.17) is 11.6 Å². The first-order valence-corrected chi connectivity index (χ1v) is 8.57. The van der Waals surface area contributed by atoms with Crippen molar-refractivity contribution in [1.82, 2.24) is 10.2 Å². The fraction of sp³-hybridized carbons (Fsp3) is 0.375. The summed E-state index contributed by atoms with van der Waals surface area (Å²) in [5.41, 5.74) is -0.139. The number of rotatable bonds is 3. The van der Waals surface area contributed by atoms with Crippen molar-refractivity contribution in [2.24, 2.45) is 0 Å². The van der Waals surface area contributed by atoms with Gasteiger partial charge < -0.3 is 5.32 Å². The second-order valence-corrected chi connectivity index (χ2v) is 6.83. The monoisotopic (exact) mass is 432 g/mol. The molecule has 1 aliphatic rings. The van der Waals surface area contributed by atoms with E-state index in [1.165, 1.54) is 12.1 Å². The Hall–Kier alpha value is -0.500. The molecular weight excluding hydrogens is 416 g/mol. The average Bonchev–Trinajstić information content (AvgIpc) is 3.03. The zero-order chi connectivity index (χ0) is 16.4. The van der Waals surface area contributed by atoms with Crippen molar-refractivity contribution in [3.63, 3.8) is 0 Å². The van der Waals surface area contributed by atoms with Gasteiger partial charge in [0.25, 0.3) is 0 Å². The fourth-order valence-electron chi connectivity index (χ4n) is 2.87. The van der Waals surface area contributed by atoms with Gasteiger partial charge in [-0.1, -0.05) is 23.7 Å². The van der Waals surface area contributed by atoms with Crippen molar-refractivity contribution >= 4 is 47.8 Å². The van der Waals surface area contributed by atoms with Crippen LogP contribution >= 0.6 is 47.8 Å². The summed E-state index contributed by atoms with van der Waals surface area (Å²) in [6.45, 7) is 3.27. The molecule has 2 aromatic rings. The van der Waals surface area contributed by atoms with Gasteiger partial charge in [-0.05, 0) is 29.1 Å². The summed E-state index contributed by atoms with van der Waals surface area (Å²) in [5, 5.41) is 4.96. The van der Waals surface area contributed by atoms with Gasteiger partial charge in [-0.25, -0.2) is 0 Å². The molecule has 0 saturated carbocycles. The van der Waals surface area contributed by atoms with Crippen LogP contribution in [-0.2, 0) is 6.18 Å². The number of thiophene rings is 1. The molecule has 0 spiro atoms. The van der Waals surface area contributed by atoms with E-state index in [9.17, 15) is 13.2 Å². The zero-order valence-corrected chi connectivity index (χ0v) is 16.3. The quantitative estimate of drug-likeness (QED) is 0.710. The summed E-state index contributed by atoms with van der Waals surface area (Å²) in [7, 11) is 0. The summed E-state index contributed by atoms with van der Waals surface area (Å²) in [6, 6.07) is 7.96. The van der Waals surface area contributed by atoms with Crippen LogP contribution in [0.4, 0.5) is 13.2 Å². The number of alkyl halides is 3. The largest absolute Gasteiger partial charge is 0.417 e. The summed E-state index contributed by atoms with van der Waals surface area (Å²) in [6.07, 6.45) is -4.45. The van der Waals surface area contributed by atoms with Crippen molar-refractivity contribution < 1.29 is 13.2 Å². The van der Waals surface area contributed by atoms with E-state index in [-0.39, 0.29) is 35.9 Å². The Kier molecular flexibility index (Phi) is 8.51. The van der Waals surface area contributed by atoms with Crippen LogP contribution in [-0.4, -0.2) is 31.1 Å². The standard InChI is InChI=1S/C16H16ClF3N2S.2ClH/c17-13-4-3-11(10-12(13)16(18,19)20)15(14-2-1-9-23-14)22-7-5-21-6-8-22;;/h1-4,9-10,15,21H,5-8H2;2*1H/t15-;;/m1../s1. The first-order chi connectivity index (χ1) is 11.0. The summed E-state index contributed by atoms with van der Waals surface area (Å²) < 4.78 is 39.5. The first-order valence-electron chi connectivity index (χ1n) is 7.31. The smallest absolute Gasteiger partial charge is 0.314 e. The maximum absolute atomic E-state index is 13.2. The molecule has 9 heteroatoms. The van der Waals surface area contributed by atoms with Crippen LogP contribution in [0.3, 0.4) is 0 Å². The van der Waals surface area contributed by atoms with Gasteiger partial charge in [0.2, 0.25) is 0 Å². The number of halogens is 6. The topological polar surface area (TPSA) is 15.3 Å². The first kappa shape index (κ1) is 22.5. The van der Waals surface area contributed by atoms with Crippen molar-refractivity contribution in [3.05, 3.63) is 56.7 Å². The molecule has 0 aliphatic carbocycles. The maximum Gasteiger partial charge on any atom is 0.417 e. The predicted octanol–water partition coefficient (Wildman–Crippen LogP) is 5.26. The van der Waals surface area contributed by atoms with Crippen LogP contribution in [0.5, 0.6) is 0 Å². The lowest BCUT2D eigenvalue weighted by Gasteiger charge is -2.35. The Balaban J connectivity index is 0.00000156. The van der Waals surface area contributed by atoms with Crippen molar-refractivity contribution in [3.8, 4) is 0 Å². The molecule has 2 heterocycles. The summed E-state index contributed by atoms with van der Waals surface area (Å²) in [4.78, 5) is 3.26. The van der Waals surface area contributed by atoms with Crippen LogP contribution in [0.15, 0.2) is 35.7 Å². The minimum absolute atomic E-state index is 0. The lowest BCUT2D eigenvalue weighted by molar-refractivity contribution is -0.137. The van der Waals surface area contributed by atoms with E-state index in [1.54, 1.807) is 17.4 Å². The van der Waals surface area contributed by atoms with Gasteiger partial charge in [0.1, 0.15) is 0 Å². The van der Waals surface area contributed by atoms with Crippen molar-refractivity contribution in [1.29, 1.82) is 0 Å². The highest BCUT2D eigenvalue weighted by Gasteiger charge is 2.35. The molecule has 0 amide bonds. The van der Waals surface area contributed by atoms with Crippen LogP contribution in [0.25, 0.3) is 0 Å². The molecule has 1 aromatic carbocycles. The molecule has 1 atom stereocenters. The molecule has 1 fully saturated rings. The van der Waals surface area contributed by atoms with Crippen LogP contribution < -0.4 is 5.32 Å². The molecule has 0 unspecified atom stereocenters. The number of nitrogens with zero attached hydrogens (tertiary/aromatic N) is 1. The Bertz CT molecular complexity index is 659. The van der Waals surface area contributed by atoms with Crippen LogP contribution in [0.2, 0.25) is 5.02 Å². The molecule has 0 radical (unpaired) electrons. The molecule has 2 nitrogen and oxygen atoms in total. The number of nitrogens with one attached hydrogen (secondary N) is 1. The lowest BCUT2D eigenvalue weighted by atomic mass is 10.00. The Morgan fingerprint density at radius 2 is 1.80 bits per heavy atom. The molecule has 1 N–H and O–H groups in total. The highest BCUT2D eigenvalue weighted by Crippen LogP contribution is 2.39. The SMILES string of the molecule is Cl.Cl.FC(F)(F)c1cc([C@H](c2cccs2)N2CCNCC2)ccc1Cl. The molecule has 1 saturated heterocycles. The van der Waals surface area contributed by atoms with Crippen LogP contribution in [0.1, 0.15) is 22.0 Å². The van der Waals surface area contributed by atoms with Gasteiger partial charge >= 0.3 is 6.18 Å². The Labute approximate surface area is 166 Å². The highest BCUT2D eigenvalue weighted by atomic mass is 35.5. The van der Waals surface area contributed by atoms with E-state index in [2.05, 4.69) is 10.2 Å². The lowest BCUT2D eigenvalue weighted by Crippen LogP contribution is -2.45. The van der Waals surface area contributed by atoms with Crippen molar-refractivity contribution in [2.75, 3.05) is 26.2 Å². The van der Waals surface area contributed by atoms with Gasteiger partial charge in [-0.15, -0.1) is 36.2 Å². The van der Waals surface area contributed by atoms with Crippen LogP contribution in [0, 0.1) is 0 Å². The van der Waals surface area contributed by atoms with E-state index >= 15 is 0 Å². The number of benzene rings is 1. The second kappa shape index (κ2) is 9.44.